The van der Waals surface area contributed by atoms with Crippen molar-refractivity contribution in [3.63, 3.8) is 0 Å². The van der Waals surface area contributed by atoms with Gasteiger partial charge in [-0.25, -0.2) is 4.79 Å². The van der Waals surface area contributed by atoms with E-state index in [-0.39, 0.29) is 11.5 Å². The molecule has 0 unspecified atom stereocenters. The van der Waals surface area contributed by atoms with Crippen molar-refractivity contribution in [2.45, 2.75) is 142 Å². The molecule has 4 fully saturated rings. The molecule has 0 spiro atoms. The number of hydrogen-bond acceptors (Lipinski definition) is 7. The van der Waals surface area contributed by atoms with Crippen LogP contribution in [0.15, 0.2) is 35.9 Å². The number of allylic oxidation sites excluding steroid dienone is 1. The van der Waals surface area contributed by atoms with Gasteiger partial charge in [0, 0.05) is 12.1 Å². The van der Waals surface area contributed by atoms with Crippen LogP contribution in [0.2, 0.25) is 0 Å². The normalized spacial score (nSPS) is 41.5. The van der Waals surface area contributed by atoms with Crippen LogP contribution in [0, 0.1) is 46.3 Å². The number of rotatable bonds is 9. The first-order valence-electron chi connectivity index (χ1n) is 18.9. The van der Waals surface area contributed by atoms with Crippen LogP contribution in [0.3, 0.4) is 0 Å². The third-order valence-electron chi connectivity index (χ3n) is 13.9. The molecule has 48 heavy (non-hydrogen) atoms. The second kappa shape index (κ2) is 14.3. The van der Waals surface area contributed by atoms with Crippen LogP contribution in [-0.2, 0) is 9.47 Å². The van der Waals surface area contributed by atoms with Gasteiger partial charge in [-0.05, 0) is 109 Å². The maximum atomic E-state index is 13.0. The summed E-state index contributed by atoms with van der Waals surface area (Å²) in [5.41, 5.74) is 3.28. The minimum absolute atomic E-state index is 0.148. The fourth-order valence-corrected chi connectivity index (χ4v) is 11.2. The van der Waals surface area contributed by atoms with Crippen LogP contribution in [0.25, 0.3) is 0 Å². The van der Waals surface area contributed by atoms with Crippen molar-refractivity contribution in [2.75, 3.05) is 11.9 Å². The van der Waals surface area contributed by atoms with Crippen LogP contribution in [0.1, 0.15) is 117 Å². The summed E-state index contributed by atoms with van der Waals surface area (Å²) >= 11 is 0. The maximum absolute atomic E-state index is 13.0. The van der Waals surface area contributed by atoms with Crippen LogP contribution >= 0.6 is 0 Å². The van der Waals surface area contributed by atoms with Gasteiger partial charge in [0.2, 0.25) is 0 Å². The van der Waals surface area contributed by atoms with Crippen LogP contribution in [0.5, 0.6) is 0 Å². The summed E-state index contributed by atoms with van der Waals surface area (Å²) < 4.78 is 11.6. The summed E-state index contributed by atoms with van der Waals surface area (Å²) in [4.78, 5) is 13.0. The molecule has 5 N–H and O–H groups in total. The molecule has 0 aromatic heterocycles. The average Bonchev–Trinajstić information content (AvgIpc) is 3.41. The molecule has 8 heteroatoms. The summed E-state index contributed by atoms with van der Waals surface area (Å²) in [6.45, 7) is 11.9. The van der Waals surface area contributed by atoms with E-state index in [4.69, 9.17) is 9.47 Å². The maximum Gasteiger partial charge on any atom is 0.411 e. The van der Waals surface area contributed by atoms with Gasteiger partial charge in [-0.3, -0.25) is 5.32 Å². The highest BCUT2D eigenvalue weighted by atomic mass is 16.6. The number of ether oxygens (including phenoxy) is 2. The Labute approximate surface area is 287 Å². The number of benzene rings is 1. The van der Waals surface area contributed by atoms with Crippen molar-refractivity contribution < 1.29 is 34.7 Å². The van der Waals surface area contributed by atoms with Crippen molar-refractivity contribution in [3.05, 3.63) is 41.5 Å². The molecule has 13 atom stereocenters. The molecule has 3 saturated carbocycles. The molecule has 1 aliphatic heterocycles. The molecule has 1 heterocycles. The van der Waals surface area contributed by atoms with Gasteiger partial charge in [-0.2, -0.15) is 0 Å². The number of amides is 1. The summed E-state index contributed by atoms with van der Waals surface area (Å²) in [6.07, 6.45) is 9.30. The molecule has 6 rings (SSSR count). The summed E-state index contributed by atoms with van der Waals surface area (Å²) in [6, 6.07) is 6.76. The zero-order valence-electron chi connectivity index (χ0n) is 29.8. The van der Waals surface area contributed by atoms with Crippen LogP contribution in [0.4, 0.5) is 10.5 Å². The van der Waals surface area contributed by atoms with Crippen LogP contribution < -0.4 is 5.32 Å². The van der Waals surface area contributed by atoms with E-state index in [0.717, 1.165) is 54.8 Å². The van der Waals surface area contributed by atoms with Crippen molar-refractivity contribution in [1.82, 2.24) is 0 Å². The lowest BCUT2D eigenvalue weighted by Gasteiger charge is -2.58. The number of carbonyl (C=O) groups excluding carboxylic acids is 1. The second-order valence-corrected chi connectivity index (χ2v) is 17.1. The number of hydrogen-bond donors (Lipinski definition) is 5. The third kappa shape index (κ3) is 6.73. The monoisotopic (exact) mass is 667 g/mol. The Balaban J connectivity index is 1.04. The zero-order valence-corrected chi connectivity index (χ0v) is 29.8. The Bertz CT molecular complexity index is 1300. The minimum Gasteiger partial charge on any atom is -0.446 e. The Morgan fingerprint density at radius 2 is 1.71 bits per heavy atom. The Morgan fingerprint density at radius 3 is 2.42 bits per heavy atom. The Kier molecular flexibility index (Phi) is 10.7. The van der Waals surface area contributed by atoms with E-state index >= 15 is 0 Å². The smallest absolute Gasteiger partial charge is 0.411 e. The third-order valence-corrected chi connectivity index (χ3v) is 13.9. The molecule has 0 radical (unpaired) electrons. The van der Waals surface area contributed by atoms with Gasteiger partial charge < -0.3 is 29.9 Å². The largest absolute Gasteiger partial charge is 0.446 e. The minimum atomic E-state index is -1.44. The molecular weight excluding hydrogens is 606 g/mol. The fraction of sp³-hybridized carbons (Fsp3) is 0.775. The number of fused-ring (bicyclic) bond motifs is 5. The topological polar surface area (TPSA) is 128 Å². The molecular formula is C40H61NO7. The lowest BCUT2D eigenvalue weighted by molar-refractivity contribution is -0.231. The summed E-state index contributed by atoms with van der Waals surface area (Å²) in [7, 11) is 0. The van der Waals surface area contributed by atoms with Gasteiger partial charge >= 0.3 is 6.09 Å². The SMILES string of the molecule is CC(C)CCC[C@@H](C)[C@H]1CC[C@H]2[C@@H]3CC=C4C[C@@H](OC(=O)Nc5ccc([C@@H]6O[C@H](CO)[C@H](O)[C@H](O)[C@H]6O)cc5)CC[C@]4(C)[C@H]3CC[C@]12C. The van der Waals surface area contributed by atoms with Crippen molar-refractivity contribution in [1.29, 1.82) is 0 Å². The first-order valence-corrected chi connectivity index (χ1v) is 18.9. The van der Waals surface area contributed by atoms with Gasteiger partial charge in [0.25, 0.3) is 0 Å². The number of aliphatic hydroxyl groups is 4. The fourth-order valence-electron chi connectivity index (χ4n) is 11.2. The molecule has 8 nitrogen and oxygen atoms in total. The number of carbonyl (C=O) groups is 1. The molecule has 1 aromatic rings. The van der Waals surface area contributed by atoms with E-state index in [9.17, 15) is 25.2 Å². The van der Waals surface area contributed by atoms with Gasteiger partial charge in [0.15, 0.2) is 0 Å². The standard InChI is InChI=1S/C40H61NO7/c1-23(2)7-6-8-24(3)30-15-16-31-29-14-11-26-21-28(17-19-39(26,4)32(29)18-20-40(30,31)5)47-38(46)41-27-12-9-25(10-13-27)37-36(45)35(44)34(43)33(22-42)48-37/h9-13,23-24,28-37,42-45H,6-8,14-22H2,1-5H3,(H,41,46)/t24-,28+,29+,30-,31+,32+,33-,34+,35+,36-,37+,39+,40-/m1/s1. The lowest BCUT2D eigenvalue weighted by atomic mass is 9.47. The van der Waals surface area contributed by atoms with Gasteiger partial charge in [-0.1, -0.05) is 77.7 Å². The molecule has 0 bridgehead atoms. The highest BCUT2D eigenvalue weighted by molar-refractivity contribution is 5.84. The van der Waals surface area contributed by atoms with E-state index < -0.39 is 43.2 Å². The van der Waals surface area contributed by atoms with Gasteiger partial charge in [0.05, 0.1) is 6.61 Å². The predicted octanol–water partition coefficient (Wildman–Crippen LogP) is 7.16. The number of aliphatic hydroxyl groups excluding tert-OH is 4. The van der Waals surface area contributed by atoms with Gasteiger partial charge in [0.1, 0.15) is 36.6 Å². The zero-order chi connectivity index (χ0) is 34.4. The highest BCUT2D eigenvalue weighted by Crippen LogP contribution is 2.67. The van der Waals surface area contributed by atoms with Crippen LogP contribution in [-0.4, -0.2) is 63.6 Å². The average molecular weight is 668 g/mol. The molecule has 1 saturated heterocycles. The molecule has 4 aliphatic carbocycles. The molecule has 1 aromatic carbocycles. The van der Waals surface area contributed by atoms with Crippen molar-refractivity contribution in [2.24, 2.45) is 46.3 Å². The Hall–Kier alpha value is -1.97. The van der Waals surface area contributed by atoms with E-state index in [1.165, 1.54) is 56.9 Å². The lowest BCUT2D eigenvalue weighted by Crippen LogP contribution is -2.55. The quantitative estimate of drug-likeness (QED) is 0.177. The second-order valence-electron chi connectivity index (χ2n) is 17.1. The Morgan fingerprint density at radius 1 is 0.958 bits per heavy atom. The van der Waals surface area contributed by atoms with E-state index in [0.29, 0.717) is 16.7 Å². The number of nitrogens with one attached hydrogen (secondary N) is 1. The summed E-state index contributed by atoms with van der Waals surface area (Å²) in [5.74, 6) is 4.81. The first kappa shape index (κ1) is 35.8. The van der Waals surface area contributed by atoms with E-state index in [1.54, 1.807) is 24.3 Å². The molecule has 1 amide bonds. The van der Waals surface area contributed by atoms with Gasteiger partial charge in [-0.15, -0.1) is 0 Å². The first-order chi connectivity index (χ1) is 22.9. The number of anilines is 1. The summed E-state index contributed by atoms with van der Waals surface area (Å²) in [5, 5.41) is 43.0. The molecule has 268 valence electrons. The van der Waals surface area contributed by atoms with Crippen molar-refractivity contribution in [3.8, 4) is 0 Å². The molecule has 5 aliphatic rings. The van der Waals surface area contributed by atoms with Crippen molar-refractivity contribution >= 4 is 11.8 Å². The van der Waals surface area contributed by atoms with E-state index in [2.05, 4.69) is 46.0 Å². The highest BCUT2D eigenvalue weighted by Gasteiger charge is 2.59. The van der Waals surface area contributed by atoms with E-state index in [1.807, 2.05) is 0 Å². The predicted molar refractivity (Wildman–Crippen MR) is 186 cm³/mol.